The van der Waals surface area contributed by atoms with E-state index in [1.807, 2.05) is 24.4 Å². The lowest BCUT2D eigenvalue weighted by Gasteiger charge is -2.14. The van der Waals surface area contributed by atoms with Crippen LogP contribution in [0.1, 0.15) is 28.6 Å². The molecule has 7 heteroatoms. The second kappa shape index (κ2) is 9.39. The lowest BCUT2D eigenvalue weighted by molar-refractivity contribution is 0.102. The number of hydrogen-bond acceptors (Lipinski definition) is 5. The molecular formula is C20H19ClN2O3S. The quantitative estimate of drug-likeness (QED) is 0.546. The fourth-order valence-corrected chi connectivity index (χ4v) is 3.33. The molecule has 0 saturated heterocycles. The van der Waals surface area contributed by atoms with E-state index in [4.69, 9.17) is 21.1 Å². The number of carbonyl (C=O) groups is 1. The Morgan fingerprint density at radius 1 is 1.19 bits per heavy atom. The van der Waals surface area contributed by atoms with Crippen molar-refractivity contribution in [2.24, 2.45) is 0 Å². The average molecular weight is 403 g/mol. The van der Waals surface area contributed by atoms with Crippen LogP contribution in [-0.4, -0.2) is 17.5 Å². The van der Waals surface area contributed by atoms with Crippen molar-refractivity contribution in [2.45, 2.75) is 20.0 Å². The minimum atomic E-state index is -0.241. The molecule has 2 aromatic heterocycles. The Morgan fingerprint density at radius 2 is 2.07 bits per heavy atom. The smallest absolute Gasteiger partial charge is 0.269 e. The lowest BCUT2D eigenvalue weighted by atomic mass is 10.2. The number of ether oxygens (including phenoxy) is 2. The van der Waals surface area contributed by atoms with Gasteiger partial charge in [0.2, 0.25) is 0 Å². The summed E-state index contributed by atoms with van der Waals surface area (Å²) in [5.74, 6) is 0.957. The summed E-state index contributed by atoms with van der Waals surface area (Å²) in [4.78, 5) is 17.0. The summed E-state index contributed by atoms with van der Waals surface area (Å²) in [5, 5.41) is 5.20. The number of carbonyl (C=O) groups excluding carboxylic acids is 1. The topological polar surface area (TPSA) is 60.5 Å². The van der Waals surface area contributed by atoms with Crippen molar-refractivity contribution >= 4 is 34.5 Å². The van der Waals surface area contributed by atoms with Gasteiger partial charge in [0.1, 0.15) is 23.0 Å². The Kier molecular flexibility index (Phi) is 6.68. The van der Waals surface area contributed by atoms with E-state index in [1.54, 1.807) is 36.7 Å². The highest BCUT2D eigenvalue weighted by Gasteiger charge is 2.16. The fraction of sp³-hybridized carbons (Fsp3) is 0.200. The maximum absolute atomic E-state index is 12.5. The SMILES string of the molecule is CCCOc1cccc(Cl)c1COc1ccsc1C(=O)Nc1cccnc1. The van der Waals surface area contributed by atoms with Gasteiger partial charge >= 0.3 is 0 Å². The normalized spacial score (nSPS) is 10.4. The van der Waals surface area contributed by atoms with Crippen LogP contribution in [0.5, 0.6) is 11.5 Å². The van der Waals surface area contributed by atoms with Crippen molar-refractivity contribution in [1.82, 2.24) is 4.98 Å². The average Bonchev–Trinajstić information content (AvgIpc) is 3.15. The van der Waals surface area contributed by atoms with Crippen molar-refractivity contribution in [1.29, 1.82) is 0 Å². The van der Waals surface area contributed by atoms with Crippen LogP contribution in [0, 0.1) is 0 Å². The van der Waals surface area contributed by atoms with Crippen LogP contribution < -0.4 is 14.8 Å². The second-order valence-electron chi connectivity index (χ2n) is 5.66. The third-order valence-electron chi connectivity index (χ3n) is 3.66. The van der Waals surface area contributed by atoms with Gasteiger partial charge in [0.15, 0.2) is 0 Å². The molecule has 0 aliphatic heterocycles. The van der Waals surface area contributed by atoms with Gasteiger partial charge in [-0.3, -0.25) is 9.78 Å². The molecule has 3 rings (SSSR count). The summed E-state index contributed by atoms with van der Waals surface area (Å²) in [5.41, 5.74) is 1.39. The molecule has 0 radical (unpaired) electrons. The molecule has 0 bridgehead atoms. The summed E-state index contributed by atoms with van der Waals surface area (Å²) in [6.07, 6.45) is 4.14. The monoisotopic (exact) mass is 402 g/mol. The van der Waals surface area contributed by atoms with Crippen molar-refractivity contribution in [3.8, 4) is 11.5 Å². The summed E-state index contributed by atoms with van der Waals surface area (Å²) < 4.78 is 11.6. The Bertz CT molecular complexity index is 899. The maximum Gasteiger partial charge on any atom is 0.269 e. The highest BCUT2D eigenvalue weighted by atomic mass is 35.5. The van der Waals surface area contributed by atoms with E-state index in [-0.39, 0.29) is 12.5 Å². The second-order valence-corrected chi connectivity index (χ2v) is 6.99. The molecular weight excluding hydrogens is 384 g/mol. The van der Waals surface area contributed by atoms with Gasteiger partial charge in [-0.25, -0.2) is 0 Å². The summed E-state index contributed by atoms with van der Waals surface area (Å²) >= 11 is 7.63. The molecule has 0 spiro atoms. The van der Waals surface area contributed by atoms with Crippen molar-refractivity contribution in [3.05, 3.63) is 69.6 Å². The minimum Gasteiger partial charge on any atom is -0.493 e. The molecule has 0 unspecified atom stereocenters. The zero-order valence-corrected chi connectivity index (χ0v) is 16.3. The number of pyridine rings is 1. The summed E-state index contributed by atoms with van der Waals surface area (Å²) in [6, 6.07) is 10.8. The number of nitrogens with one attached hydrogen (secondary N) is 1. The molecule has 2 heterocycles. The number of amides is 1. The molecule has 0 fully saturated rings. The van der Waals surface area contributed by atoms with E-state index < -0.39 is 0 Å². The van der Waals surface area contributed by atoms with Crippen LogP contribution in [0.4, 0.5) is 5.69 Å². The number of aromatic nitrogens is 1. The third kappa shape index (κ3) is 4.99. The van der Waals surface area contributed by atoms with Crippen LogP contribution in [0.15, 0.2) is 54.2 Å². The molecule has 140 valence electrons. The molecule has 1 amide bonds. The first-order valence-electron chi connectivity index (χ1n) is 8.51. The van der Waals surface area contributed by atoms with Gasteiger partial charge in [0.25, 0.3) is 5.91 Å². The van der Waals surface area contributed by atoms with Crippen molar-refractivity contribution < 1.29 is 14.3 Å². The first-order valence-corrected chi connectivity index (χ1v) is 9.76. The third-order valence-corrected chi connectivity index (χ3v) is 4.91. The molecule has 27 heavy (non-hydrogen) atoms. The standard InChI is InChI=1S/C20H19ClN2O3S/c1-2-10-25-17-7-3-6-16(21)15(17)13-26-18-8-11-27-19(18)20(24)23-14-5-4-9-22-12-14/h3-9,11-12H,2,10,13H2,1H3,(H,23,24). The summed E-state index contributed by atoms with van der Waals surface area (Å²) in [7, 11) is 0. The molecule has 0 saturated carbocycles. The van der Waals surface area contributed by atoms with Crippen molar-refractivity contribution in [2.75, 3.05) is 11.9 Å². The van der Waals surface area contributed by atoms with Gasteiger partial charge in [-0.15, -0.1) is 11.3 Å². The van der Waals surface area contributed by atoms with Crippen LogP contribution >= 0.6 is 22.9 Å². The number of hydrogen-bond donors (Lipinski definition) is 1. The Hall–Kier alpha value is -2.57. The number of halogens is 1. The highest BCUT2D eigenvalue weighted by Crippen LogP contribution is 2.31. The van der Waals surface area contributed by atoms with Crippen LogP contribution in [-0.2, 0) is 6.61 Å². The number of anilines is 1. The van der Waals surface area contributed by atoms with E-state index in [2.05, 4.69) is 10.3 Å². The first-order chi connectivity index (χ1) is 13.2. The molecule has 0 atom stereocenters. The predicted molar refractivity (Wildman–Crippen MR) is 108 cm³/mol. The van der Waals surface area contributed by atoms with E-state index in [9.17, 15) is 4.79 Å². The van der Waals surface area contributed by atoms with E-state index in [1.165, 1.54) is 11.3 Å². The molecule has 5 nitrogen and oxygen atoms in total. The molecule has 3 aromatic rings. The Morgan fingerprint density at radius 3 is 2.85 bits per heavy atom. The minimum absolute atomic E-state index is 0.211. The summed E-state index contributed by atoms with van der Waals surface area (Å²) in [6.45, 7) is 2.85. The van der Waals surface area contributed by atoms with Gasteiger partial charge < -0.3 is 14.8 Å². The zero-order chi connectivity index (χ0) is 19.1. The molecule has 1 aromatic carbocycles. The van der Waals surface area contributed by atoms with E-state index >= 15 is 0 Å². The van der Waals surface area contributed by atoms with Crippen LogP contribution in [0.2, 0.25) is 5.02 Å². The number of nitrogens with zero attached hydrogens (tertiary/aromatic N) is 1. The van der Waals surface area contributed by atoms with Gasteiger partial charge in [0, 0.05) is 11.8 Å². The molecule has 0 aliphatic carbocycles. The van der Waals surface area contributed by atoms with Crippen LogP contribution in [0.3, 0.4) is 0 Å². The first kappa shape index (κ1) is 19.2. The Balaban J connectivity index is 1.71. The predicted octanol–water partition coefficient (Wildman–Crippen LogP) is 5.42. The lowest BCUT2D eigenvalue weighted by Crippen LogP contribution is -2.12. The zero-order valence-electron chi connectivity index (χ0n) is 14.8. The number of thiophene rings is 1. The largest absolute Gasteiger partial charge is 0.493 e. The van der Waals surface area contributed by atoms with E-state index in [0.29, 0.717) is 33.7 Å². The highest BCUT2D eigenvalue weighted by molar-refractivity contribution is 7.12. The van der Waals surface area contributed by atoms with Gasteiger partial charge in [0.05, 0.1) is 23.5 Å². The Labute approximate surface area is 166 Å². The van der Waals surface area contributed by atoms with E-state index in [0.717, 1.165) is 12.0 Å². The van der Waals surface area contributed by atoms with Gasteiger partial charge in [-0.05, 0) is 42.1 Å². The van der Waals surface area contributed by atoms with Gasteiger partial charge in [-0.2, -0.15) is 0 Å². The number of benzene rings is 1. The van der Waals surface area contributed by atoms with Crippen molar-refractivity contribution in [3.63, 3.8) is 0 Å². The van der Waals surface area contributed by atoms with Crippen LogP contribution in [0.25, 0.3) is 0 Å². The fourth-order valence-electron chi connectivity index (χ4n) is 2.38. The molecule has 1 N–H and O–H groups in total. The van der Waals surface area contributed by atoms with Gasteiger partial charge in [-0.1, -0.05) is 24.6 Å². The number of rotatable bonds is 8. The molecule has 0 aliphatic rings. The maximum atomic E-state index is 12.5.